The van der Waals surface area contributed by atoms with Crippen molar-refractivity contribution in [2.45, 2.75) is 12.8 Å². The second kappa shape index (κ2) is 7.22. The van der Waals surface area contributed by atoms with Gasteiger partial charge in [0.25, 0.3) is 0 Å². The molecule has 0 fully saturated rings. The van der Waals surface area contributed by atoms with E-state index in [9.17, 15) is 0 Å². The van der Waals surface area contributed by atoms with Gasteiger partial charge >= 0.3 is 0 Å². The third-order valence-corrected chi connectivity index (χ3v) is 6.41. The van der Waals surface area contributed by atoms with Gasteiger partial charge in [0, 0.05) is 40.1 Å². The van der Waals surface area contributed by atoms with Crippen molar-refractivity contribution in [3.05, 3.63) is 82.7 Å². The average Bonchev–Trinajstić information content (AvgIpc) is 3.13. The Morgan fingerprint density at radius 1 is 1.00 bits per heavy atom. The summed E-state index contributed by atoms with van der Waals surface area (Å²) in [5, 5.41) is 1.99. The molecular weight excluding hydrogens is 438 g/mol. The Morgan fingerprint density at radius 2 is 1.83 bits per heavy atom. The highest BCUT2D eigenvalue weighted by Crippen LogP contribution is 2.37. The first kappa shape index (κ1) is 18.8. The Balaban J connectivity index is 1.75. The molecular formula is C24H20BrN5. The van der Waals surface area contributed by atoms with E-state index in [4.69, 9.17) is 10.7 Å². The number of anilines is 1. The first-order chi connectivity index (χ1) is 14.5. The van der Waals surface area contributed by atoms with E-state index in [1.54, 1.807) is 0 Å². The largest absolute Gasteiger partial charge is 0.383 e. The minimum absolute atomic E-state index is 0.0820. The highest BCUT2D eigenvalue weighted by Gasteiger charge is 2.19. The summed E-state index contributed by atoms with van der Waals surface area (Å²) in [6.45, 7) is 2.17. The molecule has 2 N–H and O–H groups in total. The van der Waals surface area contributed by atoms with E-state index in [0.29, 0.717) is 11.5 Å². The van der Waals surface area contributed by atoms with Crippen LogP contribution in [0.5, 0.6) is 0 Å². The van der Waals surface area contributed by atoms with E-state index in [-0.39, 0.29) is 5.92 Å². The van der Waals surface area contributed by atoms with Crippen molar-refractivity contribution in [1.29, 1.82) is 0 Å². The molecule has 0 saturated carbocycles. The lowest BCUT2D eigenvalue weighted by Gasteiger charge is -2.18. The molecule has 30 heavy (non-hydrogen) atoms. The van der Waals surface area contributed by atoms with Gasteiger partial charge in [-0.15, -0.1) is 0 Å². The molecule has 0 aliphatic rings. The molecule has 0 aliphatic heterocycles. The normalized spacial score (nSPS) is 12.5. The van der Waals surface area contributed by atoms with Gasteiger partial charge in [-0.3, -0.25) is 0 Å². The third-order valence-electron chi connectivity index (χ3n) is 5.68. The van der Waals surface area contributed by atoms with Gasteiger partial charge < -0.3 is 10.3 Å². The number of nitrogens with zero attached hydrogens (tertiary/aromatic N) is 4. The highest BCUT2D eigenvalue weighted by atomic mass is 79.9. The fourth-order valence-corrected chi connectivity index (χ4v) is 4.67. The molecule has 0 amide bonds. The van der Waals surface area contributed by atoms with E-state index in [1.807, 2.05) is 19.2 Å². The zero-order chi connectivity index (χ0) is 20.8. The number of hydrogen-bond donors (Lipinski definition) is 1. The number of benzene rings is 2. The molecule has 5 rings (SSSR count). The van der Waals surface area contributed by atoms with Gasteiger partial charge in [-0.05, 0) is 41.5 Å². The predicted octanol–water partition coefficient (Wildman–Crippen LogP) is 5.68. The number of hydrogen-bond acceptors (Lipinski definition) is 4. The molecule has 2 aromatic carbocycles. The molecule has 1 atom stereocenters. The van der Waals surface area contributed by atoms with Crippen LogP contribution in [0, 0.1) is 0 Å². The predicted molar refractivity (Wildman–Crippen MR) is 125 cm³/mol. The molecule has 5 aromatic rings. The Morgan fingerprint density at radius 3 is 2.67 bits per heavy atom. The summed E-state index contributed by atoms with van der Waals surface area (Å²) < 4.78 is 3.17. The highest BCUT2D eigenvalue weighted by molar-refractivity contribution is 9.10. The topological polar surface area (TPSA) is 69.6 Å². The number of fused-ring (bicyclic) bond motifs is 2. The number of nitrogens with two attached hydrogens (primary N) is 1. The SMILES string of the molecule is CC(c1ccccc1Br)c1cc(-c2ccc3c(ccn3C)c2)nc2ncnc(N)c12. The quantitative estimate of drug-likeness (QED) is 0.378. The van der Waals surface area contributed by atoms with Crippen LogP contribution in [-0.4, -0.2) is 19.5 Å². The summed E-state index contributed by atoms with van der Waals surface area (Å²) in [4.78, 5) is 13.5. The summed E-state index contributed by atoms with van der Waals surface area (Å²) in [7, 11) is 2.05. The summed E-state index contributed by atoms with van der Waals surface area (Å²) >= 11 is 3.69. The van der Waals surface area contributed by atoms with Crippen LogP contribution in [0.4, 0.5) is 5.82 Å². The molecule has 1 unspecified atom stereocenters. The minimum Gasteiger partial charge on any atom is -0.383 e. The van der Waals surface area contributed by atoms with Gasteiger partial charge in [-0.2, -0.15) is 0 Å². The number of nitrogen functional groups attached to an aromatic ring is 1. The molecule has 0 radical (unpaired) electrons. The summed E-state index contributed by atoms with van der Waals surface area (Å²) in [5.74, 6) is 0.532. The van der Waals surface area contributed by atoms with E-state index >= 15 is 0 Å². The number of pyridine rings is 1. The molecule has 0 saturated heterocycles. The maximum absolute atomic E-state index is 6.27. The van der Waals surface area contributed by atoms with Crippen molar-refractivity contribution in [2.24, 2.45) is 7.05 Å². The van der Waals surface area contributed by atoms with Crippen LogP contribution in [0.1, 0.15) is 24.0 Å². The van der Waals surface area contributed by atoms with Gasteiger partial charge in [0.05, 0.1) is 11.1 Å². The monoisotopic (exact) mass is 457 g/mol. The Hall–Kier alpha value is -3.25. The number of rotatable bonds is 3. The van der Waals surface area contributed by atoms with E-state index in [1.165, 1.54) is 22.8 Å². The van der Waals surface area contributed by atoms with Gasteiger partial charge in [-0.1, -0.05) is 47.1 Å². The van der Waals surface area contributed by atoms with Crippen molar-refractivity contribution in [3.8, 4) is 11.3 Å². The van der Waals surface area contributed by atoms with Crippen LogP contribution in [0.3, 0.4) is 0 Å². The van der Waals surface area contributed by atoms with Crippen LogP contribution in [-0.2, 0) is 7.05 Å². The minimum atomic E-state index is 0.0820. The van der Waals surface area contributed by atoms with E-state index in [0.717, 1.165) is 26.7 Å². The summed E-state index contributed by atoms with van der Waals surface area (Å²) in [6, 6.07) is 18.9. The second-order valence-electron chi connectivity index (χ2n) is 7.50. The fraction of sp³-hybridized carbons (Fsp3) is 0.125. The maximum atomic E-state index is 6.27. The molecule has 0 bridgehead atoms. The number of aryl methyl sites for hydroxylation is 1. The first-order valence-electron chi connectivity index (χ1n) is 9.74. The molecule has 0 aliphatic carbocycles. The Labute approximate surface area is 182 Å². The standard InChI is InChI=1S/C24H20BrN5/c1-14(17-5-3-4-6-19(17)25)18-12-20(29-24-22(18)23(26)27-13-28-24)15-7-8-21-16(11-15)9-10-30(21)2/h3-14H,1-2H3,(H2,26,27,28,29). The van der Waals surface area contributed by atoms with Crippen molar-refractivity contribution >= 4 is 43.7 Å². The van der Waals surface area contributed by atoms with Crippen molar-refractivity contribution in [2.75, 3.05) is 5.73 Å². The lowest BCUT2D eigenvalue weighted by molar-refractivity contribution is 0.922. The zero-order valence-electron chi connectivity index (χ0n) is 16.7. The fourth-order valence-electron chi connectivity index (χ4n) is 4.04. The van der Waals surface area contributed by atoms with Crippen LogP contribution >= 0.6 is 15.9 Å². The van der Waals surface area contributed by atoms with Crippen LogP contribution in [0.15, 0.2) is 71.6 Å². The molecule has 148 valence electrons. The van der Waals surface area contributed by atoms with Crippen LogP contribution in [0.25, 0.3) is 33.2 Å². The van der Waals surface area contributed by atoms with E-state index < -0.39 is 0 Å². The average molecular weight is 458 g/mol. The molecule has 0 spiro atoms. The second-order valence-corrected chi connectivity index (χ2v) is 8.35. The number of halogens is 1. The maximum Gasteiger partial charge on any atom is 0.165 e. The Kier molecular flexibility index (Phi) is 4.51. The van der Waals surface area contributed by atoms with Gasteiger partial charge in [0.1, 0.15) is 12.1 Å². The lowest BCUT2D eigenvalue weighted by atomic mass is 9.90. The van der Waals surface area contributed by atoms with Crippen LogP contribution < -0.4 is 5.73 Å². The lowest BCUT2D eigenvalue weighted by Crippen LogP contribution is -2.05. The molecule has 3 aromatic heterocycles. The molecule has 6 heteroatoms. The summed E-state index contributed by atoms with van der Waals surface area (Å²) in [5.41, 5.74) is 12.2. The molecule has 5 nitrogen and oxygen atoms in total. The van der Waals surface area contributed by atoms with E-state index in [2.05, 4.69) is 86.1 Å². The van der Waals surface area contributed by atoms with Gasteiger partial charge in [-0.25, -0.2) is 15.0 Å². The first-order valence-corrected chi connectivity index (χ1v) is 10.5. The van der Waals surface area contributed by atoms with Crippen molar-refractivity contribution in [1.82, 2.24) is 19.5 Å². The van der Waals surface area contributed by atoms with Crippen LogP contribution in [0.2, 0.25) is 0 Å². The summed E-state index contributed by atoms with van der Waals surface area (Å²) in [6.07, 6.45) is 3.54. The number of aromatic nitrogens is 4. The van der Waals surface area contributed by atoms with Gasteiger partial charge in [0.2, 0.25) is 0 Å². The van der Waals surface area contributed by atoms with Crippen molar-refractivity contribution < 1.29 is 0 Å². The zero-order valence-corrected chi connectivity index (χ0v) is 18.3. The molecule has 3 heterocycles. The van der Waals surface area contributed by atoms with Gasteiger partial charge in [0.15, 0.2) is 5.65 Å². The Bertz CT molecular complexity index is 1410. The third kappa shape index (κ3) is 3.04. The smallest absolute Gasteiger partial charge is 0.165 e. The van der Waals surface area contributed by atoms with Crippen molar-refractivity contribution in [3.63, 3.8) is 0 Å².